The first-order valence-electron chi connectivity index (χ1n) is 8.35. The van der Waals surface area contributed by atoms with E-state index in [1.54, 1.807) is 42.5 Å². The number of carboxylic acid groups (broad SMARTS) is 1. The predicted molar refractivity (Wildman–Crippen MR) is 98.8 cm³/mol. The summed E-state index contributed by atoms with van der Waals surface area (Å²) in [7, 11) is 0. The van der Waals surface area contributed by atoms with Gasteiger partial charge in [-0.2, -0.15) is 10.4 Å². The molecule has 1 amide bonds. The molecule has 1 aromatic heterocycles. The number of carbonyl (C=O) groups excluding carboxylic acids is 1. The molecule has 0 bridgehead atoms. The molecule has 140 valence electrons. The first-order chi connectivity index (χ1) is 13.5. The highest BCUT2D eigenvalue weighted by atomic mass is 16.4. The predicted octanol–water partition coefficient (Wildman–Crippen LogP) is 2.40. The number of carboxylic acids is 1. The van der Waals surface area contributed by atoms with Gasteiger partial charge >= 0.3 is 5.97 Å². The number of nitrogens with zero attached hydrogens (tertiary/aromatic N) is 3. The molecule has 0 saturated heterocycles. The smallest absolute Gasteiger partial charge is 0.305 e. The van der Waals surface area contributed by atoms with Crippen LogP contribution in [0.25, 0.3) is 5.69 Å². The van der Waals surface area contributed by atoms with Crippen LogP contribution in [0.4, 0.5) is 0 Å². The number of para-hydroxylation sites is 1. The average Bonchev–Trinajstić information content (AvgIpc) is 3.09. The van der Waals surface area contributed by atoms with Crippen molar-refractivity contribution in [3.05, 3.63) is 77.5 Å². The minimum absolute atomic E-state index is 0.0619. The lowest BCUT2D eigenvalue weighted by Crippen LogP contribution is -2.30. The van der Waals surface area contributed by atoms with Gasteiger partial charge in [-0.05, 0) is 29.8 Å². The van der Waals surface area contributed by atoms with Crippen molar-refractivity contribution < 1.29 is 19.8 Å². The van der Waals surface area contributed by atoms with E-state index in [2.05, 4.69) is 10.4 Å². The second-order valence-corrected chi connectivity index (χ2v) is 6.00. The van der Waals surface area contributed by atoms with Gasteiger partial charge in [0.1, 0.15) is 0 Å². The van der Waals surface area contributed by atoms with Gasteiger partial charge in [0.25, 0.3) is 5.91 Å². The summed E-state index contributed by atoms with van der Waals surface area (Å²) in [6.45, 7) is 0. The van der Waals surface area contributed by atoms with Gasteiger partial charge in [-0.1, -0.05) is 30.3 Å². The van der Waals surface area contributed by atoms with Crippen molar-refractivity contribution in [1.29, 1.82) is 5.26 Å². The summed E-state index contributed by atoms with van der Waals surface area (Å²) < 4.78 is 1.21. The van der Waals surface area contributed by atoms with Crippen molar-refractivity contribution >= 4 is 11.9 Å². The van der Waals surface area contributed by atoms with Crippen molar-refractivity contribution in [2.75, 3.05) is 0 Å². The first kappa shape index (κ1) is 18.7. The number of rotatable bonds is 6. The first-order valence-corrected chi connectivity index (χ1v) is 8.35. The minimum atomic E-state index is -1.11. The summed E-state index contributed by atoms with van der Waals surface area (Å²) in [5, 5.41) is 35.0. The van der Waals surface area contributed by atoms with E-state index in [9.17, 15) is 19.8 Å². The summed E-state index contributed by atoms with van der Waals surface area (Å²) in [4.78, 5) is 23.8. The number of nitrogens with one attached hydrogen (secondary N) is 1. The van der Waals surface area contributed by atoms with Gasteiger partial charge in [-0.3, -0.25) is 9.59 Å². The van der Waals surface area contributed by atoms with E-state index in [-0.39, 0.29) is 18.0 Å². The average molecular weight is 376 g/mol. The van der Waals surface area contributed by atoms with Crippen molar-refractivity contribution in [2.45, 2.75) is 12.5 Å². The van der Waals surface area contributed by atoms with Crippen LogP contribution >= 0.6 is 0 Å². The second kappa shape index (κ2) is 8.05. The van der Waals surface area contributed by atoms with Gasteiger partial charge in [0, 0.05) is 6.07 Å². The van der Waals surface area contributed by atoms with E-state index in [0.717, 1.165) is 0 Å². The van der Waals surface area contributed by atoms with Crippen LogP contribution in [0.15, 0.2) is 60.7 Å². The van der Waals surface area contributed by atoms with Gasteiger partial charge in [0.05, 0.1) is 29.8 Å². The number of benzene rings is 2. The summed E-state index contributed by atoms with van der Waals surface area (Å²) in [6.07, 6.45) is -0.369. The largest absolute Gasteiger partial charge is 0.493 e. The lowest BCUT2D eigenvalue weighted by Gasteiger charge is -2.17. The zero-order valence-electron chi connectivity index (χ0n) is 14.6. The zero-order chi connectivity index (χ0) is 20.1. The van der Waals surface area contributed by atoms with E-state index < -0.39 is 17.9 Å². The Morgan fingerprint density at radius 1 is 1.14 bits per heavy atom. The van der Waals surface area contributed by atoms with Crippen LogP contribution in [-0.2, 0) is 4.79 Å². The molecule has 0 aliphatic heterocycles. The maximum atomic E-state index is 12.6. The fourth-order valence-electron chi connectivity index (χ4n) is 2.73. The van der Waals surface area contributed by atoms with Gasteiger partial charge in [0.15, 0.2) is 5.69 Å². The van der Waals surface area contributed by atoms with Crippen LogP contribution in [0, 0.1) is 11.3 Å². The number of hydrogen-bond donors (Lipinski definition) is 3. The molecular formula is C20H16N4O4. The molecule has 28 heavy (non-hydrogen) atoms. The number of amides is 1. The molecule has 0 saturated carbocycles. The Kier molecular flexibility index (Phi) is 5.37. The number of nitriles is 1. The second-order valence-electron chi connectivity index (χ2n) is 6.00. The lowest BCUT2D eigenvalue weighted by molar-refractivity contribution is -0.137. The zero-order valence-corrected chi connectivity index (χ0v) is 14.6. The summed E-state index contributed by atoms with van der Waals surface area (Å²) in [5.41, 5.74) is 1.35. The van der Waals surface area contributed by atoms with Crippen LogP contribution in [0.2, 0.25) is 0 Å². The molecule has 0 fully saturated rings. The molecule has 3 rings (SSSR count). The Balaban J connectivity index is 1.86. The maximum Gasteiger partial charge on any atom is 0.305 e. The molecule has 0 unspecified atom stereocenters. The Bertz CT molecular complexity index is 1050. The molecule has 0 radical (unpaired) electrons. The molecule has 1 atom stereocenters. The SMILES string of the molecule is N#Cc1cccc([C@H](CC(=O)O)NC(=O)c2cc(O)n(-c3ccccc3)n2)c1. The molecule has 8 nitrogen and oxygen atoms in total. The number of aromatic hydroxyl groups is 1. The van der Waals surface area contributed by atoms with Crippen molar-refractivity contribution in [3.8, 4) is 17.6 Å². The quantitative estimate of drug-likeness (QED) is 0.606. The molecule has 0 aliphatic rings. The number of hydrogen-bond acceptors (Lipinski definition) is 5. The van der Waals surface area contributed by atoms with Gasteiger partial charge in [-0.25, -0.2) is 4.68 Å². The Labute approximate surface area is 160 Å². The fraction of sp³-hybridized carbons (Fsp3) is 0.100. The molecule has 1 heterocycles. The van der Waals surface area contributed by atoms with E-state index >= 15 is 0 Å². The molecule has 0 aliphatic carbocycles. The maximum absolute atomic E-state index is 12.6. The van der Waals surface area contributed by atoms with Crippen LogP contribution in [-0.4, -0.2) is 31.9 Å². The number of carbonyl (C=O) groups is 2. The molecule has 3 N–H and O–H groups in total. The molecule has 2 aromatic carbocycles. The van der Waals surface area contributed by atoms with Gasteiger partial charge in [0.2, 0.25) is 5.88 Å². The highest BCUT2D eigenvalue weighted by molar-refractivity contribution is 5.93. The van der Waals surface area contributed by atoms with Crippen molar-refractivity contribution in [1.82, 2.24) is 15.1 Å². The van der Waals surface area contributed by atoms with Gasteiger partial charge in [-0.15, -0.1) is 0 Å². The van der Waals surface area contributed by atoms with Gasteiger partial charge < -0.3 is 15.5 Å². The molecule has 3 aromatic rings. The molecule has 0 spiro atoms. The molecule has 8 heteroatoms. The highest BCUT2D eigenvalue weighted by Gasteiger charge is 2.22. The summed E-state index contributed by atoms with van der Waals surface area (Å²) >= 11 is 0. The van der Waals surface area contributed by atoms with Crippen LogP contribution in [0.3, 0.4) is 0 Å². The third kappa shape index (κ3) is 4.16. The third-order valence-electron chi connectivity index (χ3n) is 4.03. The summed E-state index contributed by atoms with van der Waals surface area (Å²) in [5.74, 6) is -1.97. The van der Waals surface area contributed by atoms with Crippen LogP contribution in [0.1, 0.15) is 34.1 Å². The number of aliphatic carboxylic acids is 1. The summed E-state index contributed by atoms with van der Waals surface area (Å²) in [6, 6.07) is 17.5. The Morgan fingerprint density at radius 2 is 1.89 bits per heavy atom. The normalized spacial score (nSPS) is 11.4. The van der Waals surface area contributed by atoms with Crippen molar-refractivity contribution in [3.63, 3.8) is 0 Å². The lowest BCUT2D eigenvalue weighted by atomic mass is 10.0. The Hall–Kier alpha value is -4.12. The number of aromatic nitrogens is 2. The Morgan fingerprint density at radius 3 is 2.57 bits per heavy atom. The standard InChI is InChI=1S/C20H16N4O4/c21-12-13-5-4-6-14(9-13)16(11-19(26)27)22-20(28)17-10-18(25)24(23-17)15-7-2-1-3-8-15/h1-10,16,25H,11H2,(H,22,28)(H,26,27)/t16-/m0/s1. The van der Waals surface area contributed by atoms with E-state index in [1.807, 2.05) is 12.1 Å². The van der Waals surface area contributed by atoms with E-state index in [4.69, 9.17) is 5.26 Å². The fourth-order valence-corrected chi connectivity index (χ4v) is 2.73. The highest BCUT2D eigenvalue weighted by Crippen LogP contribution is 2.21. The van der Waals surface area contributed by atoms with Crippen LogP contribution < -0.4 is 5.32 Å². The monoisotopic (exact) mass is 376 g/mol. The molecular weight excluding hydrogens is 360 g/mol. The topological polar surface area (TPSA) is 128 Å². The minimum Gasteiger partial charge on any atom is -0.493 e. The third-order valence-corrected chi connectivity index (χ3v) is 4.03. The van der Waals surface area contributed by atoms with Crippen molar-refractivity contribution in [2.24, 2.45) is 0 Å². The van der Waals surface area contributed by atoms with Crippen LogP contribution in [0.5, 0.6) is 5.88 Å². The van der Waals surface area contributed by atoms with E-state index in [1.165, 1.54) is 16.8 Å². The van der Waals surface area contributed by atoms with E-state index in [0.29, 0.717) is 16.8 Å².